The Morgan fingerprint density at radius 1 is 1.22 bits per heavy atom. The molecule has 0 radical (unpaired) electrons. The van der Waals surface area contributed by atoms with E-state index < -0.39 is 11.9 Å². The zero-order valence-corrected chi connectivity index (χ0v) is 18.6. The normalized spacial score (nSPS) is 17.0. The van der Waals surface area contributed by atoms with Gasteiger partial charge in [-0.15, -0.1) is 0 Å². The molecule has 170 valence electrons. The molecule has 0 aromatic carbocycles. The van der Waals surface area contributed by atoms with E-state index >= 15 is 0 Å². The molecule has 3 rings (SSSR count). The molecule has 0 N–H and O–H groups in total. The number of aromatic nitrogens is 2. The molecule has 0 saturated carbocycles. The number of pyridine rings is 2. The second-order valence-electron chi connectivity index (χ2n) is 7.89. The van der Waals surface area contributed by atoms with Crippen LogP contribution in [-0.4, -0.2) is 57.5 Å². The van der Waals surface area contributed by atoms with Gasteiger partial charge in [-0.05, 0) is 61.9 Å². The third-order valence-corrected chi connectivity index (χ3v) is 5.73. The number of hydrogen-bond acceptors (Lipinski definition) is 6. The predicted octanol–water partition coefficient (Wildman–Crippen LogP) is 2.76. The van der Waals surface area contributed by atoms with Crippen molar-refractivity contribution >= 4 is 17.8 Å². The van der Waals surface area contributed by atoms with E-state index in [0.29, 0.717) is 18.5 Å². The lowest BCUT2D eigenvalue weighted by Gasteiger charge is -2.40. The summed E-state index contributed by atoms with van der Waals surface area (Å²) in [7, 11) is 0. The Morgan fingerprint density at radius 2 is 2.00 bits per heavy atom. The highest BCUT2D eigenvalue weighted by Gasteiger charge is 2.36. The molecule has 2 atom stereocenters. The summed E-state index contributed by atoms with van der Waals surface area (Å²) in [6, 6.07) is 7.42. The fraction of sp³-hybridized carbons (Fsp3) is 0.458. The van der Waals surface area contributed by atoms with Gasteiger partial charge in [-0.25, -0.2) is 0 Å². The fourth-order valence-corrected chi connectivity index (χ4v) is 4.04. The SMILES string of the molecule is CCOC(=O)[C@H](CN(C(C)=O)N1CCC[C@@H](CCc2ccncc2)C1=O)c1cccnc1. The maximum Gasteiger partial charge on any atom is 0.315 e. The third-order valence-electron chi connectivity index (χ3n) is 5.73. The van der Waals surface area contributed by atoms with Crippen molar-refractivity contribution in [2.45, 2.75) is 45.4 Å². The molecule has 0 bridgehead atoms. The van der Waals surface area contributed by atoms with Crippen molar-refractivity contribution in [3.05, 3.63) is 60.2 Å². The Bertz CT molecular complexity index is 907. The van der Waals surface area contributed by atoms with Crippen molar-refractivity contribution in [1.82, 2.24) is 20.0 Å². The van der Waals surface area contributed by atoms with Crippen LogP contribution in [0.5, 0.6) is 0 Å². The van der Waals surface area contributed by atoms with E-state index in [2.05, 4.69) is 9.97 Å². The van der Waals surface area contributed by atoms with Gasteiger partial charge in [0.2, 0.25) is 11.8 Å². The number of amides is 2. The highest BCUT2D eigenvalue weighted by Crippen LogP contribution is 2.26. The highest BCUT2D eigenvalue weighted by atomic mass is 16.5. The van der Waals surface area contributed by atoms with Crippen LogP contribution in [0.15, 0.2) is 49.1 Å². The molecular weight excluding hydrogens is 408 g/mol. The first-order chi connectivity index (χ1) is 15.5. The predicted molar refractivity (Wildman–Crippen MR) is 118 cm³/mol. The Labute approximate surface area is 188 Å². The van der Waals surface area contributed by atoms with Gasteiger partial charge < -0.3 is 4.74 Å². The molecule has 8 heteroatoms. The van der Waals surface area contributed by atoms with E-state index in [1.807, 2.05) is 12.1 Å². The molecule has 0 unspecified atom stereocenters. The zero-order chi connectivity index (χ0) is 22.9. The van der Waals surface area contributed by atoms with E-state index in [9.17, 15) is 14.4 Å². The minimum atomic E-state index is -0.724. The average Bonchev–Trinajstić information content (AvgIpc) is 2.80. The summed E-state index contributed by atoms with van der Waals surface area (Å²) in [4.78, 5) is 46.7. The lowest BCUT2D eigenvalue weighted by Crippen LogP contribution is -2.55. The summed E-state index contributed by atoms with van der Waals surface area (Å²) in [5, 5.41) is 2.92. The average molecular weight is 439 g/mol. The van der Waals surface area contributed by atoms with Gasteiger partial charge in [-0.1, -0.05) is 6.07 Å². The number of hydrogen-bond donors (Lipinski definition) is 0. The largest absolute Gasteiger partial charge is 0.465 e. The van der Waals surface area contributed by atoms with Crippen LogP contribution in [0.4, 0.5) is 0 Å². The molecule has 2 amide bonds. The van der Waals surface area contributed by atoms with E-state index in [4.69, 9.17) is 4.74 Å². The van der Waals surface area contributed by atoms with Crippen LogP contribution < -0.4 is 0 Å². The standard InChI is InChI=1S/C24H30N4O4/c1-3-32-24(31)22(21-6-4-12-26-16-21)17-28(18(2)29)27-15-5-7-20(23(27)30)9-8-19-10-13-25-14-11-19/h4,6,10-14,16,20,22H,3,5,7-9,15,17H2,1-2H3/t20-,22+/m0/s1. The van der Waals surface area contributed by atoms with Crippen LogP contribution in [0, 0.1) is 5.92 Å². The maximum absolute atomic E-state index is 13.3. The van der Waals surface area contributed by atoms with Crippen LogP contribution in [0.3, 0.4) is 0 Å². The van der Waals surface area contributed by atoms with Gasteiger partial charge in [0.05, 0.1) is 13.2 Å². The Balaban J connectivity index is 1.76. The fourth-order valence-electron chi connectivity index (χ4n) is 4.04. The summed E-state index contributed by atoms with van der Waals surface area (Å²) >= 11 is 0. The molecular formula is C24H30N4O4. The molecule has 1 aliphatic rings. The van der Waals surface area contributed by atoms with Crippen molar-refractivity contribution in [3.8, 4) is 0 Å². The monoisotopic (exact) mass is 438 g/mol. The van der Waals surface area contributed by atoms with Crippen molar-refractivity contribution < 1.29 is 19.1 Å². The number of nitrogens with zero attached hydrogens (tertiary/aromatic N) is 4. The number of piperidine rings is 1. The first-order valence-electron chi connectivity index (χ1n) is 11.1. The first kappa shape index (κ1) is 23.4. The maximum atomic E-state index is 13.3. The van der Waals surface area contributed by atoms with Gasteiger partial charge in [-0.2, -0.15) is 0 Å². The van der Waals surface area contributed by atoms with Gasteiger partial charge in [0.1, 0.15) is 5.92 Å². The van der Waals surface area contributed by atoms with Gasteiger partial charge in [0, 0.05) is 44.2 Å². The van der Waals surface area contributed by atoms with E-state index in [0.717, 1.165) is 24.8 Å². The molecule has 1 aliphatic heterocycles. The third kappa shape index (κ3) is 5.90. The van der Waals surface area contributed by atoms with Crippen molar-refractivity contribution in [2.24, 2.45) is 5.92 Å². The minimum Gasteiger partial charge on any atom is -0.465 e. The number of rotatable bonds is 9. The van der Waals surface area contributed by atoms with E-state index in [-0.39, 0.29) is 30.9 Å². The number of carbonyl (C=O) groups is 3. The number of carbonyl (C=O) groups excluding carboxylic acids is 3. The molecule has 0 aliphatic carbocycles. The summed E-state index contributed by atoms with van der Waals surface area (Å²) < 4.78 is 5.25. The molecule has 8 nitrogen and oxygen atoms in total. The molecule has 32 heavy (non-hydrogen) atoms. The van der Waals surface area contributed by atoms with Gasteiger partial charge >= 0.3 is 5.97 Å². The molecule has 1 fully saturated rings. The molecule has 3 heterocycles. The van der Waals surface area contributed by atoms with Crippen LogP contribution in [0.1, 0.15) is 50.2 Å². The topological polar surface area (TPSA) is 92.7 Å². The van der Waals surface area contributed by atoms with Crippen LogP contribution in [0.2, 0.25) is 0 Å². The number of hydrazine groups is 1. The van der Waals surface area contributed by atoms with Gasteiger partial charge in [0.15, 0.2) is 0 Å². The second-order valence-corrected chi connectivity index (χ2v) is 7.89. The zero-order valence-electron chi connectivity index (χ0n) is 18.6. The Morgan fingerprint density at radius 3 is 2.66 bits per heavy atom. The van der Waals surface area contributed by atoms with Crippen molar-refractivity contribution in [1.29, 1.82) is 0 Å². The number of ether oxygens (including phenoxy) is 1. The Kier molecular flexibility index (Phi) is 8.30. The molecule has 2 aromatic heterocycles. The molecule has 1 saturated heterocycles. The molecule has 0 spiro atoms. The van der Waals surface area contributed by atoms with Crippen LogP contribution in [-0.2, 0) is 25.5 Å². The van der Waals surface area contributed by atoms with Gasteiger partial charge in [-0.3, -0.25) is 34.4 Å². The van der Waals surface area contributed by atoms with Crippen molar-refractivity contribution in [2.75, 3.05) is 19.7 Å². The van der Waals surface area contributed by atoms with E-state index in [1.54, 1.807) is 43.8 Å². The minimum absolute atomic E-state index is 0.0304. The van der Waals surface area contributed by atoms with Gasteiger partial charge in [0.25, 0.3) is 0 Å². The number of esters is 1. The summed E-state index contributed by atoms with van der Waals surface area (Å²) in [6.45, 7) is 3.87. The van der Waals surface area contributed by atoms with Crippen LogP contribution in [0.25, 0.3) is 0 Å². The highest BCUT2D eigenvalue weighted by molar-refractivity contribution is 5.84. The molecule has 2 aromatic rings. The summed E-state index contributed by atoms with van der Waals surface area (Å²) in [6.07, 6.45) is 9.77. The second kappa shape index (κ2) is 11.4. The van der Waals surface area contributed by atoms with Crippen LogP contribution >= 0.6 is 0 Å². The Hall–Kier alpha value is -3.29. The number of aryl methyl sites for hydroxylation is 1. The quantitative estimate of drug-likeness (QED) is 0.559. The first-order valence-corrected chi connectivity index (χ1v) is 11.1. The lowest BCUT2D eigenvalue weighted by molar-refractivity contribution is -0.171. The summed E-state index contributed by atoms with van der Waals surface area (Å²) in [5.74, 6) is -1.69. The summed E-state index contributed by atoms with van der Waals surface area (Å²) in [5.41, 5.74) is 1.78. The van der Waals surface area contributed by atoms with E-state index in [1.165, 1.54) is 16.9 Å². The smallest absolute Gasteiger partial charge is 0.315 e. The lowest BCUT2D eigenvalue weighted by atomic mass is 9.91. The van der Waals surface area contributed by atoms with Crippen molar-refractivity contribution in [3.63, 3.8) is 0 Å².